The third-order valence-electron chi connectivity index (χ3n) is 12.6. The minimum Gasteiger partial charge on any atom is -0.493 e. The molecule has 18 heteroatoms. The molecule has 7 N–H and O–H groups in total. The van der Waals surface area contributed by atoms with Gasteiger partial charge in [0, 0.05) is 53.9 Å². The number of fused-ring (bicyclic) bond motifs is 5. The molecule has 0 spiro atoms. The molecule has 0 bridgehead atoms. The van der Waals surface area contributed by atoms with E-state index in [-0.39, 0.29) is 78.4 Å². The first-order valence-corrected chi connectivity index (χ1v) is 22.9. The quantitative estimate of drug-likeness (QED) is 0.0655. The standard InChI is InChI=1S/C52H55N7O11/c1-28-16-33-10-6-8-12-41(33)58(28)51(65)37-21-43(67-4)45(23-39(37)53)69-26-31-17-32(19-35(18-31)50(64)57-30(3)49(63)56-29(2)48(62)54-15-14-47(60)61)27-70-46-24-40-38(22-44(46)68-5)52(66)59-36(25-55-40)20-34-11-7-9-13-42(34)59/h6-13,17-19,21-24,28-30,36,55H,14-16,20,25-27,53H2,1-5H3,(H,54,62)(H,56,63)(H,57,64)(H,60,61)/t28-,29+,30+,36+/m1/s1. The number of carboxylic acid groups (broad SMARTS) is 1. The van der Waals surface area contributed by atoms with Crippen LogP contribution in [0.3, 0.4) is 0 Å². The first kappa shape index (κ1) is 48.2. The molecule has 70 heavy (non-hydrogen) atoms. The lowest BCUT2D eigenvalue weighted by atomic mass is 10.0. The highest BCUT2D eigenvalue weighted by Crippen LogP contribution is 2.41. The average Bonchev–Trinajstić information content (AvgIpc) is 3.86. The third kappa shape index (κ3) is 10.1. The maximum atomic E-state index is 14.1. The monoisotopic (exact) mass is 953 g/mol. The van der Waals surface area contributed by atoms with E-state index in [4.69, 9.17) is 29.8 Å². The highest BCUT2D eigenvalue weighted by molar-refractivity contribution is 6.13. The Labute approximate surface area is 404 Å². The van der Waals surface area contributed by atoms with Crippen LogP contribution in [0.4, 0.5) is 22.7 Å². The van der Waals surface area contributed by atoms with Crippen molar-refractivity contribution >= 4 is 58.3 Å². The fourth-order valence-corrected chi connectivity index (χ4v) is 9.03. The van der Waals surface area contributed by atoms with Gasteiger partial charge in [-0.05, 0) is 98.3 Å². The van der Waals surface area contributed by atoms with Crippen LogP contribution in [0.15, 0.2) is 91.0 Å². The number of para-hydroxylation sites is 2. The van der Waals surface area contributed by atoms with E-state index in [1.54, 1.807) is 41.3 Å². The van der Waals surface area contributed by atoms with Crippen molar-refractivity contribution in [2.75, 3.05) is 48.2 Å². The van der Waals surface area contributed by atoms with Gasteiger partial charge >= 0.3 is 5.97 Å². The molecule has 0 aliphatic carbocycles. The molecule has 5 aromatic rings. The second kappa shape index (κ2) is 20.5. The molecule has 0 fully saturated rings. The van der Waals surface area contributed by atoms with Gasteiger partial charge in [-0.1, -0.05) is 36.4 Å². The molecule has 0 unspecified atom stereocenters. The van der Waals surface area contributed by atoms with E-state index < -0.39 is 35.8 Å². The first-order chi connectivity index (χ1) is 33.6. The maximum Gasteiger partial charge on any atom is 0.305 e. The summed E-state index contributed by atoms with van der Waals surface area (Å²) in [5, 5.41) is 20.0. The summed E-state index contributed by atoms with van der Waals surface area (Å²) in [6, 6.07) is 24.7. The van der Waals surface area contributed by atoms with Crippen molar-refractivity contribution in [2.45, 2.75) is 77.4 Å². The number of anilines is 4. The van der Waals surface area contributed by atoms with Gasteiger partial charge in [0.25, 0.3) is 17.7 Å². The summed E-state index contributed by atoms with van der Waals surface area (Å²) in [6.45, 7) is 5.09. The Morgan fingerprint density at radius 2 is 1.39 bits per heavy atom. The van der Waals surface area contributed by atoms with E-state index in [0.717, 1.165) is 22.5 Å². The van der Waals surface area contributed by atoms with Crippen LogP contribution < -0.4 is 55.7 Å². The van der Waals surface area contributed by atoms with Gasteiger partial charge in [0.05, 0.1) is 43.5 Å². The summed E-state index contributed by atoms with van der Waals surface area (Å²) < 4.78 is 24.1. The summed E-state index contributed by atoms with van der Waals surface area (Å²) in [5.41, 5.74) is 13.0. The Bertz CT molecular complexity index is 2890. The van der Waals surface area contributed by atoms with Crippen LogP contribution in [-0.2, 0) is 40.4 Å². The normalized spacial score (nSPS) is 16.2. The molecular formula is C52H55N7O11. The molecule has 0 radical (unpaired) electrons. The van der Waals surface area contributed by atoms with Crippen LogP contribution in [0.2, 0.25) is 0 Å². The van der Waals surface area contributed by atoms with Gasteiger partial charge < -0.3 is 60.9 Å². The number of carbonyl (C=O) groups is 6. The fourth-order valence-electron chi connectivity index (χ4n) is 9.03. The molecule has 3 heterocycles. The lowest BCUT2D eigenvalue weighted by Gasteiger charge is -2.24. The van der Waals surface area contributed by atoms with Gasteiger partial charge in [0.15, 0.2) is 23.0 Å². The highest BCUT2D eigenvalue weighted by atomic mass is 16.5. The zero-order valence-electron chi connectivity index (χ0n) is 39.4. The van der Waals surface area contributed by atoms with E-state index in [0.29, 0.717) is 53.3 Å². The van der Waals surface area contributed by atoms with Gasteiger partial charge in [-0.15, -0.1) is 0 Å². The summed E-state index contributed by atoms with van der Waals surface area (Å²) in [5.74, 6) is -2.24. The number of carboxylic acids is 1. The van der Waals surface area contributed by atoms with Crippen LogP contribution in [0.5, 0.6) is 23.0 Å². The number of rotatable bonds is 17. The number of nitrogens with two attached hydrogens (primary N) is 1. The van der Waals surface area contributed by atoms with Gasteiger partial charge in [-0.3, -0.25) is 28.8 Å². The largest absolute Gasteiger partial charge is 0.493 e. The third-order valence-corrected chi connectivity index (χ3v) is 12.6. The second-order valence-electron chi connectivity index (χ2n) is 17.5. The van der Waals surface area contributed by atoms with Crippen LogP contribution in [0.1, 0.15) is 80.5 Å². The molecule has 18 nitrogen and oxygen atoms in total. The molecule has 3 aliphatic heterocycles. The van der Waals surface area contributed by atoms with Crippen LogP contribution in [0.25, 0.3) is 0 Å². The number of aliphatic carboxylic acids is 1. The van der Waals surface area contributed by atoms with E-state index in [1.165, 1.54) is 34.1 Å². The van der Waals surface area contributed by atoms with Crippen molar-refractivity contribution < 1.29 is 52.8 Å². The smallest absolute Gasteiger partial charge is 0.305 e. The van der Waals surface area contributed by atoms with Crippen LogP contribution >= 0.6 is 0 Å². The van der Waals surface area contributed by atoms with Gasteiger partial charge in [0.1, 0.15) is 25.3 Å². The van der Waals surface area contributed by atoms with Crippen molar-refractivity contribution in [3.05, 3.63) is 130 Å². The van der Waals surface area contributed by atoms with Gasteiger partial charge in [0.2, 0.25) is 11.8 Å². The topological polar surface area (TPSA) is 240 Å². The Hall–Kier alpha value is -8.28. The molecule has 364 valence electrons. The number of amides is 5. The highest BCUT2D eigenvalue weighted by Gasteiger charge is 2.38. The van der Waals surface area contributed by atoms with Crippen LogP contribution in [-0.4, -0.2) is 92.1 Å². The number of ether oxygens (including phenoxy) is 4. The molecule has 0 aromatic heterocycles. The number of hydrogen-bond donors (Lipinski definition) is 6. The molecule has 5 amide bonds. The lowest BCUT2D eigenvalue weighted by Crippen LogP contribution is -2.51. The Balaban J connectivity index is 1.03. The Morgan fingerprint density at radius 3 is 2.06 bits per heavy atom. The number of carbonyl (C=O) groups excluding carboxylic acids is 5. The van der Waals surface area contributed by atoms with Crippen molar-refractivity contribution in [3.63, 3.8) is 0 Å². The molecule has 0 saturated carbocycles. The SMILES string of the molecule is COc1cc(C(=O)N2c3ccccc3C[C@H]2C)c(N)cc1OCc1cc(COc2cc3c(cc2OC)C(=O)N2c4ccccc4C[C@H]2CN3)cc(C(=O)N[C@@H](C)C(=O)N[C@@H](C)C(=O)NCCC(=O)O)c1. The van der Waals surface area contributed by atoms with Crippen LogP contribution in [0, 0.1) is 0 Å². The molecule has 5 aromatic carbocycles. The summed E-state index contributed by atoms with van der Waals surface area (Å²) >= 11 is 0. The van der Waals surface area contributed by atoms with Gasteiger partial charge in [-0.25, -0.2) is 0 Å². The molecule has 3 aliphatic rings. The Morgan fingerprint density at radius 1 is 0.771 bits per heavy atom. The van der Waals surface area contributed by atoms with E-state index >= 15 is 0 Å². The summed E-state index contributed by atoms with van der Waals surface area (Å²) in [6.07, 6.45) is 1.14. The minimum atomic E-state index is -1.10. The molecular weight excluding hydrogens is 899 g/mol. The second-order valence-corrected chi connectivity index (χ2v) is 17.5. The van der Waals surface area contributed by atoms with E-state index in [1.807, 2.05) is 60.4 Å². The zero-order valence-corrected chi connectivity index (χ0v) is 39.4. The average molecular weight is 954 g/mol. The van der Waals surface area contributed by atoms with E-state index in [2.05, 4.69) is 21.3 Å². The number of hydrogen-bond acceptors (Lipinski definition) is 12. The number of nitrogen functional groups attached to an aromatic ring is 1. The summed E-state index contributed by atoms with van der Waals surface area (Å²) in [4.78, 5) is 82.0. The van der Waals surface area contributed by atoms with E-state index in [9.17, 15) is 28.8 Å². The van der Waals surface area contributed by atoms with Gasteiger partial charge in [-0.2, -0.15) is 0 Å². The Kier molecular flexibility index (Phi) is 14.1. The summed E-state index contributed by atoms with van der Waals surface area (Å²) in [7, 11) is 2.94. The number of benzene rings is 5. The molecule has 4 atom stereocenters. The lowest BCUT2D eigenvalue weighted by molar-refractivity contribution is -0.137. The maximum absolute atomic E-state index is 14.1. The predicted molar refractivity (Wildman–Crippen MR) is 261 cm³/mol. The number of methoxy groups -OCH3 is 2. The number of nitrogens with zero attached hydrogens (tertiary/aromatic N) is 2. The van der Waals surface area contributed by atoms with Crippen molar-refractivity contribution in [1.29, 1.82) is 0 Å². The predicted octanol–water partition coefficient (Wildman–Crippen LogP) is 5.25. The van der Waals surface area contributed by atoms with Crippen molar-refractivity contribution in [1.82, 2.24) is 16.0 Å². The zero-order chi connectivity index (χ0) is 49.8. The first-order valence-electron chi connectivity index (χ1n) is 22.9. The molecule has 8 rings (SSSR count). The fraction of sp³-hybridized carbons (Fsp3) is 0.308. The number of nitrogens with one attached hydrogen (secondary N) is 4. The van der Waals surface area contributed by atoms with Crippen molar-refractivity contribution in [3.8, 4) is 23.0 Å². The van der Waals surface area contributed by atoms with Crippen molar-refractivity contribution in [2.24, 2.45) is 0 Å². The molecule has 0 saturated heterocycles. The minimum absolute atomic E-state index is 0.0744.